The maximum Gasteiger partial charge on any atom is 0.0727 e. The van der Waals surface area contributed by atoms with E-state index in [1.807, 2.05) is 0 Å². The molecular formula is C9H18N2S2. The highest BCUT2D eigenvalue weighted by Crippen LogP contribution is 2.10. The fourth-order valence-corrected chi connectivity index (χ4v) is 2.57. The topological polar surface area (TPSA) is 29.3 Å². The smallest absolute Gasteiger partial charge is 0.0727 e. The first-order chi connectivity index (χ1) is 6.29. The lowest BCUT2D eigenvalue weighted by Crippen LogP contribution is -2.27. The average molecular weight is 218 g/mol. The van der Waals surface area contributed by atoms with Gasteiger partial charge in [-0.3, -0.25) is 0 Å². The van der Waals surface area contributed by atoms with E-state index in [0.29, 0.717) is 4.99 Å². The van der Waals surface area contributed by atoms with Gasteiger partial charge in [0.1, 0.15) is 0 Å². The van der Waals surface area contributed by atoms with E-state index in [4.69, 9.17) is 18.0 Å². The minimum Gasteiger partial charge on any atom is -0.393 e. The molecule has 0 aromatic carbocycles. The van der Waals surface area contributed by atoms with E-state index in [-0.39, 0.29) is 0 Å². The van der Waals surface area contributed by atoms with Gasteiger partial charge in [-0.2, -0.15) is 11.8 Å². The van der Waals surface area contributed by atoms with Crippen LogP contribution in [-0.4, -0.2) is 41.0 Å². The molecule has 0 atom stereocenters. The van der Waals surface area contributed by atoms with Crippen LogP contribution >= 0.6 is 24.0 Å². The quantitative estimate of drug-likeness (QED) is 0.724. The van der Waals surface area contributed by atoms with Crippen LogP contribution in [0.25, 0.3) is 0 Å². The summed E-state index contributed by atoms with van der Waals surface area (Å²) in [6.45, 7) is 3.66. The molecule has 0 aliphatic carbocycles. The highest BCUT2D eigenvalue weighted by molar-refractivity contribution is 7.99. The van der Waals surface area contributed by atoms with E-state index in [0.717, 1.165) is 19.4 Å². The van der Waals surface area contributed by atoms with Gasteiger partial charge in [0.15, 0.2) is 0 Å². The lowest BCUT2D eigenvalue weighted by atomic mass is 10.3. The predicted octanol–water partition coefficient (Wildman–Crippen LogP) is 1.49. The number of hydrogen-bond acceptors (Lipinski definition) is 3. The third-order valence-electron chi connectivity index (χ3n) is 2.21. The normalized spacial score (nSPS) is 19.7. The van der Waals surface area contributed by atoms with E-state index in [2.05, 4.69) is 16.7 Å². The maximum atomic E-state index is 5.45. The number of thiocarbonyl (C=S) groups is 1. The molecular weight excluding hydrogens is 200 g/mol. The molecule has 2 N–H and O–H groups in total. The molecule has 0 bridgehead atoms. The zero-order chi connectivity index (χ0) is 9.52. The van der Waals surface area contributed by atoms with E-state index in [1.54, 1.807) is 0 Å². The van der Waals surface area contributed by atoms with Gasteiger partial charge in [0.2, 0.25) is 0 Å². The molecule has 1 aliphatic heterocycles. The van der Waals surface area contributed by atoms with Gasteiger partial charge in [0.05, 0.1) is 4.99 Å². The highest BCUT2D eigenvalue weighted by atomic mass is 32.2. The highest BCUT2D eigenvalue weighted by Gasteiger charge is 2.07. The third-order valence-corrected chi connectivity index (χ3v) is 3.47. The third kappa shape index (κ3) is 5.49. The maximum absolute atomic E-state index is 5.45. The summed E-state index contributed by atoms with van der Waals surface area (Å²) in [7, 11) is 0. The van der Waals surface area contributed by atoms with Crippen molar-refractivity contribution in [2.45, 2.75) is 19.3 Å². The Morgan fingerprint density at radius 2 is 2.23 bits per heavy atom. The molecule has 1 fully saturated rings. The zero-order valence-corrected chi connectivity index (χ0v) is 9.63. The molecule has 0 saturated carbocycles. The van der Waals surface area contributed by atoms with Crippen LogP contribution in [0.5, 0.6) is 0 Å². The Morgan fingerprint density at radius 1 is 1.38 bits per heavy atom. The molecule has 1 rings (SSSR count). The summed E-state index contributed by atoms with van der Waals surface area (Å²) < 4.78 is 0. The van der Waals surface area contributed by atoms with E-state index in [1.165, 1.54) is 31.0 Å². The van der Waals surface area contributed by atoms with Crippen molar-refractivity contribution in [2.24, 2.45) is 5.73 Å². The summed E-state index contributed by atoms with van der Waals surface area (Å²) in [6, 6.07) is 0. The van der Waals surface area contributed by atoms with Crippen LogP contribution < -0.4 is 5.73 Å². The molecule has 0 amide bonds. The summed E-state index contributed by atoms with van der Waals surface area (Å²) in [6.07, 6.45) is 3.36. The van der Waals surface area contributed by atoms with Gasteiger partial charge >= 0.3 is 0 Å². The van der Waals surface area contributed by atoms with Crippen LogP contribution in [0.1, 0.15) is 19.3 Å². The second-order valence-corrected chi connectivity index (χ2v) is 5.13. The van der Waals surface area contributed by atoms with Crippen LogP contribution in [0, 0.1) is 0 Å². The van der Waals surface area contributed by atoms with Gasteiger partial charge in [-0.15, -0.1) is 0 Å². The number of thioether (sulfide) groups is 1. The molecule has 0 spiro atoms. The second-order valence-electron chi connectivity index (χ2n) is 3.38. The summed E-state index contributed by atoms with van der Waals surface area (Å²) in [5.41, 5.74) is 5.45. The van der Waals surface area contributed by atoms with Gasteiger partial charge in [-0.05, 0) is 38.1 Å². The standard InChI is InChI=1S/C9H18N2S2/c10-9(12)3-1-4-11-5-2-7-13-8-6-11/h1-8H2,(H2,10,12). The van der Waals surface area contributed by atoms with Crippen molar-refractivity contribution in [3.05, 3.63) is 0 Å². The Morgan fingerprint density at radius 3 is 3.00 bits per heavy atom. The van der Waals surface area contributed by atoms with Gasteiger partial charge < -0.3 is 10.6 Å². The Bertz CT molecular complexity index is 154. The molecule has 4 heteroatoms. The molecule has 1 saturated heterocycles. The summed E-state index contributed by atoms with van der Waals surface area (Å²) in [5.74, 6) is 2.61. The van der Waals surface area contributed by atoms with Crippen molar-refractivity contribution in [3.63, 3.8) is 0 Å². The largest absolute Gasteiger partial charge is 0.393 e. The van der Waals surface area contributed by atoms with Crippen molar-refractivity contribution >= 4 is 29.0 Å². The summed E-state index contributed by atoms with van der Waals surface area (Å²) in [4.78, 5) is 3.18. The van der Waals surface area contributed by atoms with Gasteiger partial charge in [0.25, 0.3) is 0 Å². The van der Waals surface area contributed by atoms with Crippen LogP contribution in [0.4, 0.5) is 0 Å². The molecule has 2 nitrogen and oxygen atoms in total. The Hall–Kier alpha value is 0.200. The van der Waals surface area contributed by atoms with Crippen LogP contribution in [0.15, 0.2) is 0 Å². The van der Waals surface area contributed by atoms with Gasteiger partial charge in [-0.1, -0.05) is 12.2 Å². The molecule has 13 heavy (non-hydrogen) atoms. The molecule has 0 unspecified atom stereocenters. The number of nitrogens with two attached hydrogens (primary N) is 1. The summed E-state index contributed by atoms with van der Waals surface area (Å²) >= 11 is 6.91. The van der Waals surface area contributed by atoms with Crippen molar-refractivity contribution in [2.75, 3.05) is 31.1 Å². The molecule has 1 aliphatic rings. The fraction of sp³-hybridized carbons (Fsp3) is 0.889. The lowest BCUT2D eigenvalue weighted by molar-refractivity contribution is 0.294. The minimum atomic E-state index is 0.657. The van der Waals surface area contributed by atoms with Crippen LogP contribution in [0.2, 0.25) is 0 Å². The SMILES string of the molecule is NC(=S)CCCN1CCCSCC1. The Labute approximate surface area is 90.2 Å². The van der Waals surface area contributed by atoms with Crippen LogP contribution in [0.3, 0.4) is 0 Å². The monoisotopic (exact) mass is 218 g/mol. The first kappa shape index (κ1) is 11.3. The van der Waals surface area contributed by atoms with Gasteiger partial charge in [0, 0.05) is 12.3 Å². The first-order valence-corrected chi connectivity index (χ1v) is 6.44. The Kier molecular flexibility index (Phi) is 5.75. The molecule has 76 valence electrons. The van der Waals surface area contributed by atoms with Gasteiger partial charge in [-0.25, -0.2) is 0 Å². The fourth-order valence-electron chi connectivity index (χ4n) is 1.50. The average Bonchev–Trinajstić information content (AvgIpc) is 2.32. The molecule has 0 aromatic heterocycles. The molecule has 0 radical (unpaired) electrons. The predicted molar refractivity (Wildman–Crippen MR) is 64.4 cm³/mol. The Balaban J connectivity index is 2.08. The van der Waals surface area contributed by atoms with E-state index >= 15 is 0 Å². The number of rotatable bonds is 4. The van der Waals surface area contributed by atoms with Crippen molar-refractivity contribution in [3.8, 4) is 0 Å². The first-order valence-electron chi connectivity index (χ1n) is 4.87. The lowest BCUT2D eigenvalue weighted by Gasteiger charge is -2.18. The summed E-state index contributed by atoms with van der Waals surface area (Å²) in [5, 5.41) is 0. The molecule has 0 aromatic rings. The van der Waals surface area contributed by atoms with Crippen LogP contribution in [-0.2, 0) is 0 Å². The van der Waals surface area contributed by atoms with Crippen molar-refractivity contribution < 1.29 is 0 Å². The van der Waals surface area contributed by atoms with E-state index in [9.17, 15) is 0 Å². The second kappa shape index (κ2) is 6.62. The van der Waals surface area contributed by atoms with Crippen molar-refractivity contribution in [1.29, 1.82) is 0 Å². The van der Waals surface area contributed by atoms with Crippen molar-refractivity contribution in [1.82, 2.24) is 4.90 Å². The molecule has 1 heterocycles. The minimum absolute atomic E-state index is 0.657. The zero-order valence-electron chi connectivity index (χ0n) is 8.00. The number of hydrogen-bond donors (Lipinski definition) is 1. The van der Waals surface area contributed by atoms with E-state index < -0.39 is 0 Å². The number of nitrogens with zero attached hydrogens (tertiary/aromatic N) is 1.